The van der Waals surface area contributed by atoms with Crippen molar-refractivity contribution in [3.63, 3.8) is 0 Å². The van der Waals surface area contributed by atoms with Crippen LogP contribution < -0.4 is 5.73 Å². The molecule has 0 spiro atoms. The molecule has 12 heavy (non-hydrogen) atoms. The van der Waals surface area contributed by atoms with E-state index in [0.29, 0.717) is 5.56 Å². The van der Waals surface area contributed by atoms with Crippen LogP contribution in [0.4, 0.5) is 0 Å². The van der Waals surface area contributed by atoms with Gasteiger partial charge in [-0.3, -0.25) is 0 Å². The number of benzene rings is 1. The van der Waals surface area contributed by atoms with Gasteiger partial charge >= 0.3 is 0 Å². The highest BCUT2D eigenvalue weighted by Crippen LogP contribution is 2.26. The van der Waals surface area contributed by atoms with E-state index in [-0.39, 0.29) is 11.8 Å². The van der Waals surface area contributed by atoms with Crippen molar-refractivity contribution in [2.24, 2.45) is 5.73 Å². The molecule has 3 N–H and O–H groups in total. The number of halogens is 1. The zero-order valence-corrected chi connectivity index (χ0v) is 8.08. The number of phenols is 1. The Balaban J connectivity index is 3.12. The Morgan fingerprint density at radius 2 is 2.25 bits per heavy atom. The van der Waals surface area contributed by atoms with Crippen molar-refractivity contribution in [3.8, 4) is 5.75 Å². The first-order valence-electron chi connectivity index (χ1n) is 3.51. The molecule has 0 aliphatic rings. The third-order valence-electron chi connectivity index (χ3n) is 1.60. The zero-order chi connectivity index (χ0) is 9.14. The third kappa shape index (κ3) is 1.87. The molecule has 0 aliphatic heterocycles. The molecule has 0 aromatic heterocycles. The van der Waals surface area contributed by atoms with Crippen LogP contribution in [0.25, 0.3) is 0 Å². The fourth-order valence-electron chi connectivity index (χ4n) is 0.919. The van der Waals surface area contributed by atoms with Crippen molar-refractivity contribution in [3.05, 3.63) is 40.9 Å². The molecular weight excluding hydrogens is 218 g/mol. The van der Waals surface area contributed by atoms with Crippen molar-refractivity contribution >= 4 is 15.9 Å². The van der Waals surface area contributed by atoms with E-state index in [1.807, 2.05) is 0 Å². The van der Waals surface area contributed by atoms with E-state index in [9.17, 15) is 5.11 Å². The summed E-state index contributed by atoms with van der Waals surface area (Å²) in [6.45, 7) is 3.56. The summed E-state index contributed by atoms with van der Waals surface area (Å²) in [5.74, 6) is 0.200. The molecule has 0 bridgehead atoms. The number of hydrogen-bond donors (Lipinski definition) is 2. The Kier molecular flexibility index (Phi) is 2.89. The van der Waals surface area contributed by atoms with Gasteiger partial charge in [0.2, 0.25) is 0 Å². The van der Waals surface area contributed by atoms with Crippen LogP contribution in [-0.2, 0) is 0 Å². The molecule has 1 rings (SSSR count). The monoisotopic (exact) mass is 227 g/mol. The van der Waals surface area contributed by atoms with Crippen LogP contribution in [0.2, 0.25) is 0 Å². The Morgan fingerprint density at radius 1 is 1.58 bits per heavy atom. The number of aromatic hydroxyl groups is 1. The maximum Gasteiger partial charge on any atom is 0.120 e. The molecule has 0 radical (unpaired) electrons. The lowest BCUT2D eigenvalue weighted by Gasteiger charge is -2.08. The first-order chi connectivity index (χ1) is 5.65. The lowest BCUT2D eigenvalue weighted by atomic mass is 10.1. The SMILES string of the molecule is C=C[C@@H](N)c1cc(Br)ccc1O. The van der Waals surface area contributed by atoms with Gasteiger partial charge in [-0.05, 0) is 18.2 Å². The molecular formula is C9H10BrNO. The lowest BCUT2D eigenvalue weighted by molar-refractivity contribution is 0.466. The van der Waals surface area contributed by atoms with Gasteiger partial charge in [0.15, 0.2) is 0 Å². The Bertz CT molecular complexity index is 299. The van der Waals surface area contributed by atoms with Crippen LogP contribution in [-0.4, -0.2) is 5.11 Å². The minimum Gasteiger partial charge on any atom is -0.508 e. The van der Waals surface area contributed by atoms with Gasteiger partial charge in [-0.25, -0.2) is 0 Å². The van der Waals surface area contributed by atoms with Gasteiger partial charge in [0.05, 0.1) is 6.04 Å². The van der Waals surface area contributed by atoms with E-state index < -0.39 is 0 Å². The second kappa shape index (κ2) is 3.74. The minimum absolute atomic E-state index is 0.200. The van der Waals surface area contributed by atoms with Crippen molar-refractivity contribution in [2.45, 2.75) is 6.04 Å². The summed E-state index contributed by atoms with van der Waals surface area (Å²) in [4.78, 5) is 0. The van der Waals surface area contributed by atoms with E-state index >= 15 is 0 Å². The van der Waals surface area contributed by atoms with Crippen LogP contribution in [0.15, 0.2) is 35.3 Å². The first-order valence-corrected chi connectivity index (χ1v) is 4.31. The standard InChI is InChI=1S/C9H10BrNO/c1-2-8(11)7-5-6(10)3-4-9(7)12/h2-5,8,12H,1,11H2/t8-/m1/s1. The van der Waals surface area contributed by atoms with Crippen LogP contribution >= 0.6 is 15.9 Å². The van der Waals surface area contributed by atoms with Gasteiger partial charge in [0.1, 0.15) is 5.75 Å². The summed E-state index contributed by atoms with van der Waals surface area (Å²) in [6.07, 6.45) is 1.58. The predicted molar refractivity (Wildman–Crippen MR) is 52.9 cm³/mol. The summed E-state index contributed by atoms with van der Waals surface area (Å²) < 4.78 is 0.896. The zero-order valence-electron chi connectivity index (χ0n) is 6.50. The third-order valence-corrected chi connectivity index (χ3v) is 2.10. The molecule has 0 fully saturated rings. The van der Waals surface area contributed by atoms with Crippen molar-refractivity contribution < 1.29 is 5.11 Å². The Hall–Kier alpha value is -0.800. The van der Waals surface area contributed by atoms with Gasteiger partial charge in [0, 0.05) is 10.0 Å². The van der Waals surface area contributed by atoms with Gasteiger partial charge in [0.25, 0.3) is 0 Å². The summed E-state index contributed by atoms with van der Waals surface area (Å²) >= 11 is 3.29. The minimum atomic E-state index is -0.317. The van der Waals surface area contributed by atoms with Crippen molar-refractivity contribution in [1.29, 1.82) is 0 Å². The lowest BCUT2D eigenvalue weighted by Crippen LogP contribution is -2.06. The largest absolute Gasteiger partial charge is 0.508 e. The molecule has 3 heteroatoms. The molecule has 0 saturated carbocycles. The maximum absolute atomic E-state index is 9.39. The van der Waals surface area contributed by atoms with Crippen LogP contribution in [0.1, 0.15) is 11.6 Å². The maximum atomic E-state index is 9.39. The average Bonchev–Trinajstić information content (AvgIpc) is 2.08. The van der Waals surface area contributed by atoms with E-state index in [0.717, 1.165) is 4.47 Å². The van der Waals surface area contributed by atoms with Crippen LogP contribution in [0.3, 0.4) is 0 Å². The highest BCUT2D eigenvalue weighted by molar-refractivity contribution is 9.10. The fourth-order valence-corrected chi connectivity index (χ4v) is 1.30. The molecule has 64 valence electrons. The highest BCUT2D eigenvalue weighted by atomic mass is 79.9. The molecule has 0 aliphatic carbocycles. The summed E-state index contributed by atoms with van der Waals surface area (Å²) in [7, 11) is 0. The molecule has 0 heterocycles. The summed E-state index contributed by atoms with van der Waals surface area (Å²) in [5.41, 5.74) is 6.35. The number of phenolic OH excluding ortho intramolecular Hbond substituents is 1. The van der Waals surface area contributed by atoms with E-state index in [1.54, 1.807) is 24.3 Å². The molecule has 0 amide bonds. The van der Waals surface area contributed by atoms with Crippen molar-refractivity contribution in [2.75, 3.05) is 0 Å². The van der Waals surface area contributed by atoms with Gasteiger partial charge in [-0.1, -0.05) is 22.0 Å². The fraction of sp³-hybridized carbons (Fsp3) is 0.111. The summed E-state index contributed by atoms with van der Waals surface area (Å²) in [6, 6.07) is 4.82. The molecule has 2 nitrogen and oxygen atoms in total. The van der Waals surface area contributed by atoms with Gasteiger partial charge < -0.3 is 10.8 Å². The van der Waals surface area contributed by atoms with Crippen molar-refractivity contribution in [1.82, 2.24) is 0 Å². The normalized spacial score (nSPS) is 12.5. The number of rotatable bonds is 2. The first kappa shape index (κ1) is 9.29. The summed E-state index contributed by atoms with van der Waals surface area (Å²) in [5, 5.41) is 9.39. The second-order valence-corrected chi connectivity index (χ2v) is 3.38. The van der Waals surface area contributed by atoms with Crippen LogP contribution in [0, 0.1) is 0 Å². The van der Waals surface area contributed by atoms with E-state index in [2.05, 4.69) is 22.5 Å². The second-order valence-electron chi connectivity index (χ2n) is 2.46. The average molecular weight is 228 g/mol. The topological polar surface area (TPSA) is 46.2 Å². The number of nitrogens with two attached hydrogens (primary N) is 1. The smallest absolute Gasteiger partial charge is 0.120 e. The predicted octanol–water partition coefficient (Wildman–Crippen LogP) is 2.34. The van der Waals surface area contributed by atoms with Crippen LogP contribution in [0.5, 0.6) is 5.75 Å². The van der Waals surface area contributed by atoms with Gasteiger partial charge in [-0.2, -0.15) is 0 Å². The quantitative estimate of drug-likeness (QED) is 0.763. The van der Waals surface area contributed by atoms with E-state index in [1.165, 1.54) is 0 Å². The molecule has 0 saturated heterocycles. The molecule has 1 atom stereocenters. The highest BCUT2D eigenvalue weighted by Gasteiger charge is 2.06. The van der Waals surface area contributed by atoms with Gasteiger partial charge in [-0.15, -0.1) is 6.58 Å². The molecule has 0 unspecified atom stereocenters. The Morgan fingerprint density at radius 3 is 2.83 bits per heavy atom. The molecule has 1 aromatic rings. The number of hydrogen-bond acceptors (Lipinski definition) is 2. The Labute approximate surface area is 79.8 Å². The molecule has 1 aromatic carbocycles. The van der Waals surface area contributed by atoms with E-state index in [4.69, 9.17) is 5.73 Å².